The molecule has 0 radical (unpaired) electrons. The smallest absolute Gasteiger partial charge is 0.0456 e. The number of likely N-dealkylation sites (N-methyl/N-ethyl adjacent to an activating group) is 1. The fourth-order valence-electron chi connectivity index (χ4n) is 2.04. The summed E-state index contributed by atoms with van der Waals surface area (Å²) in [4.78, 5) is 1.36. The molecule has 0 aliphatic carbocycles. The van der Waals surface area contributed by atoms with Crippen LogP contribution in [0.25, 0.3) is 0 Å². The fourth-order valence-corrected chi connectivity index (χ4v) is 3.27. The van der Waals surface area contributed by atoms with E-state index in [-0.39, 0.29) is 6.04 Å². The van der Waals surface area contributed by atoms with Crippen LogP contribution >= 0.6 is 22.9 Å². The first kappa shape index (κ1) is 13.4. The van der Waals surface area contributed by atoms with Crippen molar-refractivity contribution in [3.8, 4) is 0 Å². The summed E-state index contributed by atoms with van der Waals surface area (Å²) in [7, 11) is 1.98. The lowest BCUT2D eigenvalue weighted by atomic mass is 10.0. The zero-order valence-electron chi connectivity index (χ0n) is 10.5. The molecule has 2 aromatic rings. The highest BCUT2D eigenvalue weighted by Gasteiger charge is 2.15. The Balaban J connectivity index is 2.26. The molecule has 0 spiro atoms. The molecule has 0 saturated heterocycles. The number of nitrogens with one attached hydrogen (secondary N) is 1. The number of nitrogen functional groups attached to an aromatic ring is 1. The maximum absolute atomic E-state index is 6.03. The molecule has 96 valence electrons. The Morgan fingerprint density at radius 1 is 1.39 bits per heavy atom. The number of thiophene rings is 1. The van der Waals surface area contributed by atoms with Gasteiger partial charge in [-0.15, -0.1) is 11.3 Å². The van der Waals surface area contributed by atoms with Gasteiger partial charge in [0.2, 0.25) is 0 Å². The van der Waals surface area contributed by atoms with E-state index in [0.29, 0.717) is 0 Å². The minimum absolute atomic E-state index is 0.283. The van der Waals surface area contributed by atoms with Gasteiger partial charge in [0.05, 0.1) is 0 Å². The molecule has 0 saturated carbocycles. The van der Waals surface area contributed by atoms with E-state index in [1.807, 2.05) is 25.2 Å². The molecule has 4 heteroatoms. The number of benzene rings is 1. The Bertz CT molecular complexity index is 536. The third-order valence-electron chi connectivity index (χ3n) is 3.10. The number of nitrogens with two attached hydrogens (primary N) is 1. The summed E-state index contributed by atoms with van der Waals surface area (Å²) in [6.07, 6.45) is 0.851. The molecular weight excluding hydrogens is 264 g/mol. The average Bonchev–Trinajstić information content (AvgIpc) is 2.77. The van der Waals surface area contributed by atoms with Crippen molar-refractivity contribution >= 4 is 28.6 Å². The molecule has 3 N–H and O–H groups in total. The SMILES string of the molecule is CN[C@@H](Cc1cc(Cl)ccc1N)c1sccc1C. The van der Waals surface area contributed by atoms with Gasteiger partial charge in [0.15, 0.2) is 0 Å². The monoisotopic (exact) mass is 280 g/mol. The average molecular weight is 281 g/mol. The van der Waals surface area contributed by atoms with Crippen LogP contribution in [-0.2, 0) is 6.42 Å². The molecule has 0 amide bonds. The quantitative estimate of drug-likeness (QED) is 0.836. The molecule has 0 unspecified atom stereocenters. The fraction of sp³-hybridized carbons (Fsp3) is 0.286. The largest absolute Gasteiger partial charge is 0.399 e. The number of aryl methyl sites for hydroxylation is 1. The molecular formula is C14H17ClN2S. The summed E-state index contributed by atoms with van der Waals surface area (Å²) < 4.78 is 0. The zero-order chi connectivity index (χ0) is 13.1. The van der Waals surface area contributed by atoms with E-state index in [4.69, 9.17) is 17.3 Å². The molecule has 1 aromatic carbocycles. The lowest BCUT2D eigenvalue weighted by Crippen LogP contribution is -2.19. The Morgan fingerprint density at radius 3 is 2.78 bits per heavy atom. The maximum Gasteiger partial charge on any atom is 0.0456 e. The van der Waals surface area contributed by atoms with Crippen LogP contribution < -0.4 is 11.1 Å². The summed E-state index contributed by atoms with van der Waals surface area (Å²) in [6, 6.07) is 8.07. The van der Waals surface area contributed by atoms with Crippen molar-refractivity contribution in [2.24, 2.45) is 0 Å². The highest BCUT2D eigenvalue weighted by atomic mass is 35.5. The first-order chi connectivity index (χ1) is 8.61. The molecule has 0 aliphatic heterocycles. The third kappa shape index (κ3) is 2.86. The van der Waals surface area contributed by atoms with Crippen molar-refractivity contribution in [1.82, 2.24) is 5.32 Å². The Labute approximate surface area is 117 Å². The standard InChI is InChI=1S/C14H17ClN2S/c1-9-5-6-18-14(9)13(17-2)8-10-7-11(15)3-4-12(10)16/h3-7,13,17H,8,16H2,1-2H3/t13-/m0/s1. The van der Waals surface area contributed by atoms with Gasteiger partial charge in [0.25, 0.3) is 0 Å². The van der Waals surface area contributed by atoms with Crippen LogP contribution in [0.15, 0.2) is 29.6 Å². The summed E-state index contributed by atoms with van der Waals surface area (Å²) >= 11 is 7.80. The van der Waals surface area contributed by atoms with Crippen LogP contribution in [-0.4, -0.2) is 7.05 Å². The van der Waals surface area contributed by atoms with Gasteiger partial charge < -0.3 is 11.1 Å². The second kappa shape index (κ2) is 5.74. The van der Waals surface area contributed by atoms with Crippen LogP contribution in [0.3, 0.4) is 0 Å². The summed E-state index contributed by atoms with van der Waals surface area (Å²) in [6.45, 7) is 2.14. The van der Waals surface area contributed by atoms with E-state index in [2.05, 4.69) is 23.7 Å². The molecule has 1 atom stereocenters. The third-order valence-corrected chi connectivity index (χ3v) is 4.46. The molecule has 0 bridgehead atoms. The van der Waals surface area contributed by atoms with Crippen molar-refractivity contribution in [2.75, 3.05) is 12.8 Å². The summed E-state index contributed by atoms with van der Waals surface area (Å²) in [5.41, 5.74) is 9.21. The highest BCUT2D eigenvalue weighted by Crippen LogP contribution is 2.29. The van der Waals surface area contributed by atoms with Crippen LogP contribution in [0, 0.1) is 6.92 Å². The van der Waals surface area contributed by atoms with E-state index < -0.39 is 0 Å². The van der Waals surface area contributed by atoms with Crippen LogP contribution in [0.1, 0.15) is 22.0 Å². The minimum atomic E-state index is 0.283. The lowest BCUT2D eigenvalue weighted by Gasteiger charge is -2.17. The van der Waals surface area contributed by atoms with Gasteiger partial charge in [-0.3, -0.25) is 0 Å². The zero-order valence-corrected chi connectivity index (χ0v) is 12.1. The number of rotatable bonds is 4. The lowest BCUT2D eigenvalue weighted by molar-refractivity contribution is 0.600. The van der Waals surface area contributed by atoms with Crippen molar-refractivity contribution in [3.63, 3.8) is 0 Å². The van der Waals surface area contributed by atoms with Gasteiger partial charge in [-0.05, 0) is 61.2 Å². The van der Waals surface area contributed by atoms with E-state index in [9.17, 15) is 0 Å². The van der Waals surface area contributed by atoms with Gasteiger partial charge in [0, 0.05) is 21.6 Å². The van der Waals surface area contributed by atoms with Crippen molar-refractivity contribution in [2.45, 2.75) is 19.4 Å². The molecule has 2 rings (SSSR count). The van der Waals surface area contributed by atoms with Gasteiger partial charge in [-0.1, -0.05) is 11.6 Å². The number of anilines is 1. The predicted octanol–water partition coefficient (Wildman–Crippen LogP) is 3.80. The second-order valence-corrected chi connectivity index (χ2v) is 5.74. The molecule has 2 nitrogen and oxygen atoms in total. The number of halogens is 1. The van der Waals surface area contributed by atoms with Crippen molar-refractivity contribution < 1.29 is 0 Å². The molecule has 1 aromatic heterocycles. The normalized spacial score (nSPS) is 12.6. The second-order valence-electron chi connectivity index (χ2n) is 4.36. The Hall–Kier alpha value is -1.03. The maximum atomic E-state index is 6.03. The number of hydrogen-bond acceptors (Lipinski definition) is 3. The first-order valence-corrected chi connectivity index (χ1v) is 7.12. The molecule has 0 aliphatic rings. The summed E-state index contributed by atoms with van der Waals surface area (Å²) in [5, 5.41) is 6.21. The molecule has 1 heterocycles. The van der Waals surface area contributed by atoms with E-state index in [1.54, 1.807) is 11.3 Å². The van der Waals surface area contributed by atoms with Crippen LogP contribution in [0.2, 0.25) is 5.02 Å². The Kier molecular flexibility index (Phi) is 4.27. The summed E-state index contributed by atoms with van der Waals surface area (Å²) in [5.74, 6) is 0. The highest BCUT2D eigenvalue weighted by molar-refractivity contribution is 7.10. The van der Waals surface area contributed by atoms with E-state index in [0.717, 1.165) is 22.7 Å². The Morgan fingerprint density at radius 2 is 2.17 bits per heavy atom. The predicted molar refractivity (Wildman–Crippen MR) is 80.4 cm³/mol. The van der Waals surface area contributed by atoms with Gasteiger partial charge in [-0.25, -0.2) is 0 Å². The van der Waals surface area contributed by atoms with E-state index >= 15 is 0 Å². The van der Waals surface area contributed by atoms with Crippen LogP contribution in [0.4, 0.5) is 5.69 Å². The topological polar surface area (TPSA) is 38.0 Å². The van der Waals surface area contributed by atoms with Gasteiger partial charge in [-0.2, -0.15) is 0 Å². The van der Waals surface area contributed by atoms with Crippen molar-refractivity contribution in [1.29, 1.82) is 0 Å². The van der Waals surface area contributed by atoms with E-state index in [1.165, 1.54) is 10.4 Å². The number of hydrogen-bond donors (Lipinski definition) is 2. The minimum Gasteiger partial charge on any atom is -0.399 e. The van der Waals surface area contributed by atoms with Crippen molar-refractivity contribution in [3.05, 3.63) is 50.7 Å². The first-order valence-electron chi connectivity index (χ1n) is 5.87. The molecule has 0 fully saturated rings. The van der Waals surface area contributed by atoms with Gasteiger partial charge >= 0.3 is 0 Å². The van der Waals surface area contributed by atoms with Gasteiger partial charge in [0.1, 0.15) is 0 Å². The van der Waals surface area contributed by atoms with Crippen LogP contribution in [0.5, 0.6) is 0 Å². The molecule has 18 heavy (non-hydrogen) atoms.